The molecule has 3 rings (SSSR count). The highest BCUT2D eigenvalue weighted by Gasteiger charge is 2.33. The van der Waals surface area contributed by atoms with Crippen LogP contribution in [0, 0.1) is 5.41 Å². The molecule has 2 fully saturated rings. The van der Waals surface area contributed by atoms with E-state index in [1.54, 1.807) is 4.90 Å². The van der Waals surface area contributed by atoms with Gasteiger partial charge >= 0.3 is 6.03 Å². The lowest BCUT2D eigenvalue weighted by Crippen LogP contribution is -2.46. The van der Waals surface area contributed by atoms with Crippen LogP contribution in [-0.4, -0.2) is 31.6 Å². The van der Waals surface area contributed by atoms with Gasteiger partial charge in [-0.3, -0.25) is 9.69 Å². The summed E-state index contributed by atoms with van der Waals surface area (Å²) in [6.45, 7) is 1.97. The molecule has 25 heavy (non-hydrogen) atoms. The Morgan fingerprint density at radius 2 is 2.04 bits per heavy atom. The molecule has 0 radical (unpaired) electrons. The maximum absolute atomic E-state index is 12.5. The number of hydrogen-bond donors (Lipinski definition) is 3. The molecule has 1 aliphatic heterocycles. The summed E-state index contributed by atoms with van der Waals surface area (Å²) < 4.78 is 0. The molecule has 0 aromatic heterocycles. The van der Waals surface area contributed by atoms with Crippen LogP contribution in [0.1, 0.15) is 44.9 Å². The zero-order chi connectivity index (χ0) is 17.7. The molecule has 6 nitrogen and oxygen atoms in total. The first kappa shape index (κ1) is 17.7. The lowest BCUT2D eigenvalue weighted by atomic mass is 9.71. The van der Waals surface area contributed by atoms with Crippen LogP contribution in [0.15, 0.2) is 24.3 Å². The molecule has 1 aromatic rings. The van der Waals surface area contributed by atoms with Gasteiger partial charge in [-0.2, -0.15) is 0 Å². The second-order valence-corrected chi connectivity index (χ2v) is 7.28. The van der Waals surface area contributed by atoms with Gasteiger partial charge in [-0.1, -0.05) is 25.3 Å². The van der Waals surface area contributed by atoms with Crippen molar-refractivity contribution in [1.82, 2.24) is 5.32 Å². The molecular weight excluding hydrogens is 316 g/mol. The summed E-state index contributed by atoms with van der Waals surface area (Å²) in [6, 6.07) is 7.40. The second-order valence-electron chi connectivity index (χ2n) is 7.28. The Bertz CT molecular complexity index is 626. The van der Waals surface area contributed by atoms with Crippen molar-refractivity contribution in [1.29, 1.82) is 0 Å². The predicted octanol–water partition coefficient (Wildman–Crippen LogP) is 2.84. The van der Waals surface area contributed by atoms with Gasteiger partial charge in [0.25, 0.3) is 0 Å². The average Bonchev–Trinajstić information content (AvgIpc) is 2.63. The molecule has 0 bridgehead atoms. The number of anilines is 2. The van der Waals surface area contributed by atoms with Gasteiger partial charge in [-0.25, -0.2) is 4.79 Å². The van der Waals surface area contributed by atoms with Crippen molar-refractivity contribution in [2.45, 2.75) is 44.9 Å². The van der Waals surface area contributed by atoms with E-state index in [2.05, 4.69) is 10.6 Å². The van der Waals surface area contributed by atoms with Crippen LogP contribution >= 0.6 is 0 Å². The van der Waals surface area contributed by atoms with E-state index >= 15 is 0 Å². The summed E-state index contributed by atoms with van der Waals surface area (Å²) in [6.07, 6.45) is 7.01. The SMILES string of the molecule is NCC1(CC(=O)Nc2cccc(N3CCCNC3=O)c2)CCCCC1. The molecule has 4 N–H and O–H groups in total. The number of hydrogen-bond acceptors (Lipinski definition) is 3. The zero-order valence-corrected chi connectivity index (χ0v) is 14.7. The van der Waals surface area contributed by atoms with Crippen molar-refractivity contribution in [2.24, 2.45) is 11.1 Å². The summed E-state index contributed by atoms with van der Waals surface area (Å²) in [4.78, 5) is 26.2. The Balaban J connectivity index is 1.65. The molecular formula is C19H28N4O2. The van der Waals surface area contributed by atoms with Crippen LogP contribution in [-0.2, 0) is 4.79 Å². The Morgan fingerprint density at radius 3 is 2.76 bits per heavy atom. The van der Waals surface area contributed by atoms with E-state index in [1.807, 2.05) is 24.3 Å². The number of rotatable bonds is 5. The minimum absolute atomic E-state index is 0.00703. The third-order valence-electron chi connectivity index (χ3n) is 5.40. The smallest absolute Gasteiger partial charge is 0.321 e. The largest absolute Gasteiger partial charge is 0.338 e. The molecule has 0 spiro atoms. The fraction of sp³-hybridized carbons (Fsp3) is 0.579. The first-order valence-corrected chi connectivity index (χ1v) is 9.27. The van der Waals surface area contributed by atoms with Gasteiger partial charge in [0, 0.05) is 30.9 Å². The van der Waals surface area contributed by atoms with Gasteiger partial charge < -0.3 is 16.4 Å². The first-order valence-electron chi connectivity index (χ1n) is 9.27. The van der Waals surface area contributed by atoms with Crippen LogP contribution in [0.5, 0.6) is 0 Å². The maximum atomic E-state index is 12.5. The first-order chi connectivity index (χ1) is 12.1. The Kier molecular flexibility index (Phi) is 5.58. The summed E-state index contributed by atoms with van der Waals surface area (Å²) >= 11 is 0. The molecule has 2 aliphatic rings. The molecule has 1 heterocycles. The molecule has 0 atom stereocenters. The van der Waals surface area contributed by atoms with E-state index < -0.39 is 0 Å². The molecule has 1 aliphatic carbocycles. The lowest BCUT2D eigenvalue weighted by Gasteiger charge is -2.35. The summed E-state index contributed by atoms with van der Waals surface area (Å²) in [7, 11) is 0. The van der Waals surface area contributed by atoms with E-state index in [4.69, 9.17) is 5.73 Å². The number of carbonyl (C=O) groups excluding carboxylic acids is 2. The summed E-state index contributed by atoms with van der Waals surface area (Å²) in [5.74, 6) is 0.00703. The predicted molar refractivity (Wildman–Crippen MR) is 99.6 cm³/mol. The molecule has 0 unspecified atom stereocenters. The van der Waals surface area contributed by atoms with E-state index in [1.165, 1.54) is 6.42 Å². The van der Waals surface area contributed by atoms with Crippen molar-refractivity contribution >= 4 is 23.3 Å². The molecule has 1 saturated carbocycles. The van der Waals surface area contributed by atoms with Crippen LogP contribution < -0.4 is 21.3 Å². The quantitative estimate of drug-likeness (QED) is 0.767. The second kappa shape index (κ2) is 7.87. The highest BCUT2D eigenvalue weighted by molar-refractivity contribution is 5.95. The van der Waals surface area contributed by atoms with E-state index in [0.29, 0.717) is 26.1 Å². The molecule has 136 valence electrons. The number of nitrogens with zero attached hydrogens (tertiary/aromatic N) is 1. The monoisotopic (exact) mass is 344 g/mol. The van der Waals surface area contributed by atoms with Crippen LogP contribution in [0.4, 0.5) is 16.2 Å². The van der Waals surface area contributed by atoms with Gasteiger partial charge in [-0.15, -0.1) is 0 Å². The minimum Gasteiger partial charge on any atom is -0.338 e. The normalized spacial score (nSPS) is 20.0. The fourth-order valence-corrected chi connectivity index (χ4v) is 3.93. The number of carbonyl (C=O) groups is 2. The maximum Gasteiger partial charge on any atom is 0.321 e. The zero-order valence-electron chi connectivity index (χ0n) is 14.7. The molecule has 1 aromatic carbocycles. The van der Waals surface area contributed by atoms with Gasteiger partial charge in [0.05, 0.1) is 0 Å². The number of nitrogens with two attached hydrogens (primary N) is 1. The standard InChI is InChI=1S/C19H28N4O2/c20-14-19(8-2-1-3-9-19)13-17(24)22-15-6-4-7-16(12-15)23-11-5-10-21-18(23)25/h4,6-7,12H,1-3,5,8-11,13-14,20H2,(H,21,25)(H,22,24). The summed E-state index contributed by atoms with van der Waals surface area (Å²) in [5.41, 5.74) is 7.47. The van der Waals surface area contributed by atoms with Crippen molar-refractivity contribution in [3.8, 4) is 0 Å². The van der Waals surface area contributed by atoms with Crippen molar-refractivity contribution in [3.05, 3.63) is 24.3 Å². The Hall–Kier alpha value is -2.08. The van der Waals surface area contributed by atoms with Crippen LogP contribution in [0.25, 0.3) is 0 Å². The third kappa shape index (κ3) is 4.31. The third-order valence-corrected chi connectivity index (χ3v) is 5.40. The number of nitrogens with one attached hydrogen (secondary N) is 2. The molecule has 3 amide bonds. The topological polar surface area (TPSA) is 87.5 Å². The van der Waals surface area contributed by atoms with Gasteiger partial charge in [0.2, 0.25) is 5.91 Å². The van der Waals surface area contributed by atoms with Gasteiger partial charge in [0.15, 0.2) is 0 Å². The Morgan fingerprint density at radius 1 is 1.24 bits per heavy atom. The summed E-state index contributed by atoms with van der Waals surface area (Å²) in [5, 5.41) is 5.83. The lowest BCUT2D eigenvalue weighted by molar-refractivity contribution is -0.118. The minimum atomic E-state index is -0.0842. The van der Waals surface area contributed by atoms with E-state index in [-0.39, 0.29) is 17.4 Å². The number of urea groups is 1. The van der Waals surface area contributed by atoms with Crippen molar-refractivity contribution in [2.75, 3.05) is 29.9 Å². The van der Waals surface area contributed by atoms with Gasteiger partial charge in [0.1, 0.15) is 0 Å². The van der Waals surface area contributed by atoms with Gasteiger partial charge in [-0.05, 0) is 49.4 Å². The number of amides is 3. The van der Waals surface area contributed by atoms with Crippen molar-refractivity contribution < 1.29 is 9.59 Å². The van der Waals surface area contributed by atoms with Crippen LogP contribution in [0.3, 0.4) is 0 Å². The van der Waals surface area contributed by atoms with Crippen molar-refractivity contribution in [3.63, 3.8) is 0 Å². The number of benzene rings is 1. The van der Waals surface area contributed by atoms with Crippen LogP contribution in [0.2, 0.25) is 0 Å². The molecule has 1 saturated heterocycles. The van der Waals surface area contributed by atoms with E-state index in [0.717, 1.165) is 43.5 Å². The average molecular weight is 344 g/mol. The fourth-order valence-electron chi connectivity index (χ4n) is 3.93. The molecule has 6 heteroatoms. The highest BCUT2D eigenvalue weighted by Crippen LogP contribution is 2.38. The van der Waals surface area contributed by atoms with E-state index in [9.17, 15) is 9.59 Å². The Labute approximate surface area is 149 Å². The highest BCUT2D eigenvalue weighted by atomic mass is 16.2.